The van der Waals surface area contributed by atoms with E-state index in [0.29, 0.717) is 5.56 Å². The molecule has 0 saturated heterocycles. The van der Waals surface area contributed by atoms with Crippen molar-refractivity contribution in [3.05, 3.63) is 88.4 Å². The highest BCUT2D eigenvalue weighted by Gasteiger charge is 2.43. The molecule has 34 heavy (non-hydrogen) atoms. The van der Waals surface area contributed by atoms with Crippen LogP contribution in [0.5, 0.6) is 0 Å². The standard InChI is InChI=1S/C25H23N3O6/c1-4-34-23(29)16-11-8-12-17(13-16)28-21(25(31)33-3)20(24(30)32-2)19(18(14-26)22(28)27)15-9-6-5-7-10-15/h5-13,19H,4,27H2,1-3H3. The lowest BCUT2D eigenvalue weighted by Crippen LogP contribution is -2.40. The number of hydrogen-bond acceptors (Lipinski definition) is 9. The molecule has 2 aromatic carbocycles. The molecule has 0 bridgehead atoms. The van der Waals surface area contributed by atoms with Gasteiger partial charge in [0.1, 0.15) is 11.5 Å². The minimum atomic E-state index is -0.975. The Balaban J connectivity index is 2.36. The smallest absolute Gasteiger partial charge is 0.355 e. The summed E-state index contributed by atoms with van der Waals surface area (Å²) in [7, 11) is 2.33. The maximum absolute atomic E-state index is 13.0. The van der Waals surface area contributed by atoms with Crippen LogP contribution in [0.2, 0.25) is 0 Å². The average Bonchev–Trinajstić information content (AvgIpc) is 2.87. The van der Waals surface area contributed by atoms with Gasteiger partial charge in [-0.05, 0) is 30.7 Å². The second kappa shape index (κ2) is 10.4. The van der Waals surface area contributed by atoms with E-state index in [-0.39, 0.29) is 40.5 Å². The van der Waals surface area contributed by atoms with E-state index >= 15 is 0 Å². The van der Waals surface area contributed by atoms with E-state index in [4.69, 9.17) is 19.9 Å². The quantitative estimate of drug-likeness (QED) is 0.509. The molecular weight excluding hydrogens is 438 g/mol. The molecular formula is C25H23N3O6. The van der Waals surface area contributed by atoms with E-state index in [2.05, 4.69) is 6.07 Å². The third-order valence-electron chi connectivity index (χ3n) is 5.23. The highest BCUT2D eigenvalue weighted by Crippen LogP contribution is 2.43. The first-order valence-corrected chi connectivity index (χ1v) is 10.3. The van der Waals surface area contributed by atoms with Crippen molar-refractivity contribution in [3.63, 3.8) is 0 Å². The molecule has 1 aliphatic rings. The molecule has 1 heterocycles. The molecule has 0 aliphatic carbocycles. The van der Waals surface area contributed by atoms with Crippen LogP contribution in [0, 0.1) is 11.3 Å². The van der Waals surface area contributed by atoms with Crippen LogP contribution in [0.25, 0.3) is 0 Å². The zero-order valence-corrected chi connectivity index (χ0v) is 18.9. The number of benzene rings is 2. The summed E-state index contributed by atoms with van der Waals surface area (Å²) < 4.78 is 15.0. The maximum atomic E-state index is 13.0. The van der Waals surface area contributed by atoms with Gasteiger partial charge in [-0.3, -0.25) is 4.90 Å². The first kappa shape index (κ1) is 24.1. The normalized spacial score (nSPS) is 15.5. The first-order valence-electron chi connectivity index (χ1n) is 10.3. The number of allylic oxidation sites excluding steroid dienone is 1. The van der Waals surface area contributed by atoms with Gasteiger partial charge >= 0.3 is 17.9 Å². The average molecular weight is 461 g/mol. The number of nitriles is 1. The van der Waals surface area contributed by atoms with Gasteiger partial charge in [-0.25, -0.2) is 14.4 Å². The van der Waals surface area contributed by atoms with Crippen LogP contribution in [0.3, 0.4) is 0 Å². The first-order chi connectivity index (χ1) is 16.4. The fourth-order valence-corrected chi connectivity index (χ4v) is 3.77. The SMILES string of the molecule is CCOC(=O)c1cccc(N2C(N)=C(C#N)C(c3ccccc3)C(C(=O)OC)=C2C(=O)OC)c1. The molecule has 0 aromatic heterocycles. The Morgan fingerprint density at radius 3 is 2.26 bits per heavy atom. The lowest BCUT2D eigenvalue weighted by molar-refractivity contribution is -0.139. The Labute approximate surface area is 196 Å². The fraction of sp³-hybridized carbons (Fsp3) is 0.200. The van der Waals surface area contributed by atoms with E-state index in [1.165, 1.54) is 24.1 Å². The number of nitrogens with zero attached hydrogens (tertiary/aromatic N) is 2. The summed E-state index contributed by atoms with van der Waals surface area (Å²) in [6.45, 7) is 1.85. The van der Waals surface area contributed by atoms with Crippen molar-refractivity contribution >= 4 is 23.6 Å². The summed E-state index contributed by atoms with van der Waals surface area (Å²) in [5.74, 6) is -3.35. The molecule has 2 N–H and O–H groups in total. The van der Waals surface area contributed by atoms with Crippen molar-refractivity contribution in [2.24, 2.45) is 5.73 Å². The van der Waals surface area contributed by atoms with E-state index in [0.717, 1.165) is 7.11 Å². The Hall–Kier alpha value is -4.58. The van der Waals surface area contributed by atoms with Gasteiger partial charge in [0.2, 0.25) is 0 Å². The van der Waals surface area contributed by atoms with Crippen molar-refractivity contribution < 1.29 is 28.6 Å². The predicted molar refractivity (Wildman–Crippen MR) is 122 cm³/mol. The monoisotopic (exact) mass is 461 g/mol. The van der Waals surface area contributed by atoms with Crippen LogP contribution in [-0.2, 0) is 23.8 Å². The van der Waals surface area contributed by atoms with Gasteiger partial charge in [0, 0.05) is 5.69 Å². The summed E-state index contributed by atoms with van der Waals surface area (Å²) in [6, 6.07) is 16.9. The molecule has 1 aliphatic heterocycles. The lowest BCUT2D eigenvalue weighted by Gasteiger charge is -2.36. The van der Waals surface area contributed by atoms with Gasteiger partial charge in [0.15, 0.2) is 0 Å². The van der Waals surface area contributed by atoms with Crippen LogP contribution in [0.4, 0.5) is 5.69 Å². The van der Waals surface area contributed by atoms with Crippen LogP contribution < -0.4 is 10.6 Å². The van der Waals surface area contributed by atoms with Crippen LogP contribution in [0.15, 0.2) is 77.3 Å². The second-order valence-corrected chi connectivity index (χ2v) is 7.11. The molecule has 0 radical (unpaired) electrons. The third kappa shape index (κ3) is 4.34. The van der Waals surface area contributed by atoms with Crippen LogP contribution in [-0.4, -0.2) is 38.7 Å². The molecule has 1 atom stereocenters. The van der Waals surface area contributed by atoms with Crippen molar-refractivity contribution in [2.45, 2.75) is 12.8 Å². The van der Waals surface area contributed by atoms with Crippen LogP contribution >= 0.6 is 0 Å². The number of ether oxygens (including phenoxy) is 3. The largest absolute Gasteiger partial charge is 0.466 e. The summed E-state index contributed by atoms with van der Waals surface area (Å²) in [5.41, 5.74) is 7.13. The Morgan fingerprint density at radius 1 is 1.00 bits per heavy atom. The predicted octanol–water partition coefficient (Wildman–Crippen LogP) is 2.76. The Morgan fingerprint density at radius 2 is 1.68 bits per heavy atom. The van der Waals surface area contributed by atoms with Crippen molar-refractivity contribution in [3.8, 4) is 6.07 Å². The summed E-state index contributed by atoms with van der Waals surface area (Å²) in [6.07, 6.45) is 0. The van der Waals surface area contributed by atoms with Crippen molar-refractivity contribution in [1.29, 1.82) is 5.26 Å². The molecule has 0 fully saturated rings. The zero-order chi connectivity index (χ0) is 24.8. The molecule has 9 nitrogen and oxygen atoms in total. The van der Waals surface area contributed by atoms with Gasteiger partial charge in [0.25, 0.3) is 0 Å². The van der Waals surface area contributed by atoms with Crippen molar-refractivity contribution in [1.82, 2.24) is 0 Å². The van der Waals surface area contributed by atoms with Gasteiger partial charge in [-0.15, -0.1) is 0 Å². The number of rotatable bonds is 6. The molecule has 0 amide bonds. The minimum absolute atomic E-state index is 0.0285. The molecule has 0 spiro atoms. The number of methoxy groups -OCH3 is 2. The van der Waals surface area contributed by atoms with Crippen molar-refractivity contribution in [2.75, 3.05) is 25.7 Å². The Bertz CT molecular complexity index is 1230. The number of carbonyl (C=O) groups is 3. The number of carbonyl (C=O) groups excluding carboxylic acids is 3. The number of nitrogens with two attached hydrogens (primary N) is 1. The number of hydrogen-bond donors (Lipinski definition) is 1. The molecule has 0 saturated carbocycles. The highest BCUT2D eigenvalue weighted by atomic mass is 16.5. The van der Waals surface area contributed by atoms with E-state index < -0.39 is 23.8 Å². The summed E-state index contributed by atoms with van der Waals surface area (Å²) in [4.78, 5) is 39.6. The molecule has 174 valence electrons. The number of esters is 3. The van der Waals surface area contributed by atoms with Gasteiger partial charge in [0.05, 0.1) is 49.5 Å². The van der Waals surface area contributed by atoms with E-state index in [1.807, 2.05) is 0 Å². The third-order valence-corrected chi connectivity index (χ3v) is 5.23. The van der Waals surface area contributed by atoms with Gasteiger partial charge in [-0.1, -0.05) is 36.4 Å². The number of anilines is 1. The molecule has 2 aromatic rings. The minimum Gasteiger partial charge on any atom is -0.466 e. The highest BCUT2D eigenvalue weighted by molar-refractivity contribution is 6.06. The van der Waals surface area contributed by atoms with Gasteiger partial charge in [-0.2, -0.15) is 5.26 Å². The molecule has 3 rings (SSSR count). The molecule has 9 heteroatoms. The summed E-state index contributed by atoms with van der Waals surface area (Å²) in [5, 5.41) is 10.0. The van der Waals surface area contributed by atoms with E-state index in [1.54, 1.807) is 49.4 Å². The maximum Gasteiger partial charge on any atom is 0.355 e. The second-order valence-electron chi connectivity index (χ2n) is 7.11. The zero-order valence-electron chi connectivity index (χ0n) is 18.9. The van der Waals surface area contributed by atoms with Crippen LogP contribution in [0.1, 0.15) is 28.8 Å². The molecule has 1 unspecified atom stereocenters. The Kier molecular flexibility index (Phi) is 7.33. The van der Waals surface area contributed by atoms with Gasteiger partial charge < -0.3 is 19.9 Å². The van der Waals surface area contributed by atoms with E-state index in [9.17, 15) is 19.6 Å². The summed E-state index contributed by atoms with van der Waals surface area (Å²) >= 11 is 0. The fourth-order valence-electron chi connectivity index (χ4n) is 3.77. The lowest BCUT2D eigenvalue weighted by atomic mass is 9.81. The topological polar surface area (TPSA) is 132 Å².